The third-order valence-electron chi connectivity index (χ3n) is 1.72. The molecular weight excluding hydrogens is 166 g/mol. The molecule has 0 fully saturated rings. The Hall–Kier alpha value is -1.39. The summed E-state index contributed by atoms with van der Waals surface area (Å²) in [5, 5.41) is 1.06. The lowest BCUT2D eigenvalue weighted by molar-refractivity contribution is -0.117. The molecule has 0 saturated carbocycles. The number of hydrazine groups is 1. The summed E-state index contributed by atoms with van der Waals surface area (Å²) >= 11 is 0. The minimum absolute atomic E-state index is 0.0789. The highest BCUT2D eigenvalue weighted by Crippen LogP contribution is 2.12. The number of nitrogens with two attached hydrogens (primary N) is 2. The number of anilines is 1. The lowest BCUT2D eigenvalue weighted by Gasteiger charge is -2.15. The standard InChI is InChI=1S/C9H13N3O/c1-7-3-2-4-8(5-7)12(11)9(13)6-10/h2-5H,6,10-11H2,1H3. The first-order valence-corrected chi connectivity index (χ1v) is 3.99. The Morgan fingerprint density at radius 2 is 2.23 bits per heavy atom. The van der Waals surface area contributed by atoms with Gasteiger partial charge in [0.1, 0.15) is 0 Å². The van der Waals surface area contributed by atoms with Crippen LogP contribution in [0.2, 0.25) is 0 Å². The van der Waals surface area contributed by atoms with Gasteiger partial charge in [0.2, 0.25) is 0 Å². The zero-order valence-corrected chi connectivity index (χ0v) is 7.53. The molecule has 0 bridgehead atoms. The minimum atomic E-state index is -0.300. The first-order valence-electron chi connectivity index (χ1n) is 3.99. The average molecular weight is 179 g/mol. The molecule has 0 aromatic heterocycles. The van der Waals surface area contributed by atoms with Crippen molar-refractivity contribution in [1.29, 1.82) is 0 Å². The maximum Gasteiger partial charge on any atom is 0.254 e. The summed E-state index contributed by atoms with van der Waals surface area (Å²) in [5.41, 5.74) is 6.89. The summed E-state index contributed by atoms with van der Waals surface area (Å²) < 4.78 is 0. The second-order valence-electron chi connectivity index (χ2n) is 2.81. The van der Waals surface area contributed by atoms with E-state index in [0.717, 1.165) is 10.6 Å². The van der Waals surface area contributed by atoms with E-state index in [1.807, 2.05) is 25.1 Å². The highest BCUT2D eigenvalue weighted by molar-refractivity contribution is 5.93. The first-order chi connectivity index (χ1) is 6.15. The van der Waals surface area contributed by atoms with Gasteiger partial charge in [-0.3, -0.25) is 4.79 Å². The van der Waals surface area contributed by atoms with E-state index in [9.17, 15) is 4.79 Å². The summed E-state index contributed by atoms with van der Waals surface area (Å²) in [6.45, 7) is 1.86. The Labute approximate surface area is 77.1 Å². The lowest BCUT2D eigenvalue weighted by atomic mass is 10.2. The molecule has 1 aromatic carbocycles. The SMILES string of the molecule is Cc1cccc(N(N)C(=O)CN)c1. The van der Waals surface area contributed by atoms with Crippen LogP contribution in [0.5, 0.6) is 0 Å². The number of benzene rings is 1. The summed E-state index contributed by atoms with van der Waals surface area (Å²) in [5.74, 6) is 5.22. The molecular formula is C9H13N3O. The zero-order chi connectivity index (χ0) is 9.84. The van der Waals surface area contributed by atoms with Crippen molar-refractivity contribution in [2.24, 2.45) is 11.6 Å². The molecule has 70 valence electrons. The number of hydrogen-bond donors (Lipinski definition) is 2. The van der Waals surface area contributed by atoms with Crippen LogP contribution in [0.15, 0.2) is 24.3 Å². The quantitative estimate of drug-likeness (QED) is 0.386. The van der Waals surface area contributed by atoms with Crippen molar-refractivity contribution in [3.63, 3.8) is 0 Å². The molecule has 1 aromatic rings. The van der Waals surface area contributed by atoms with Crippen molar-refractivity contribution in [3.8, 4) is 0 Å². The van der Waals surface area contributed by atoms with Gasteiger partial charge in [-0.15, -0.1) is 0 Å². The minimum Gasteiger partial charge on any atom is -0.322 e. The van der Waals surface area contributed by atoms with E-state index in [4.69, 9.17) is 11.6 Å². The summed E-state index contributed by atoms with van der Waals surface area (Å²) in [6.07, 6.45) is 0. The molecule has 0 aliphatic carbocycles. The van der Waals surface area contributed by atoms with Gasteiger partial charge in [-0.05, 0) is 24.6 Å². The molecule has 0 radical (unpaired) electrons. The predicted molar refractivity (Wildman–Crippen MR) is 51.9 cm³/mol. The van der Waals surface area contributed by atoms with Gasteiger partial charge in [-0.25, -0.2) is 10.9 Å². The van der Waals surface area contributed by atoms with Gasteiger partial charge in [0, 0.05) is 0 Å². The largest absolute Gasteiger partial charge is 0.322 e. The highest BCUT2D eigenvalue weighted by Gasteiger charge is 2.08. The first kappa shape index (κ1) is 9.70. The van der Waals surface area contributed by atoms with Crippen molar-refractivity contribution in [2.75, 3.05) is 11.6 Å². The smallest absolute Gasteiger partial charge is 0.254 e. The molecule has 1 rings (SSSR count). The Morgan fingerprint density at radius 3 is 2.77 bits per heavy atom. The number of amides is 1. The van der Waals surface area contributed by atoms with E-state index >= 15 is 0 Å². The third-order valence-corrected chi connectivity index (χ3v) is 1.72. The zero-order valence-electron chi connectivity index (χ0n) is 7.53. The Bertz CT molecular complexity index is 311. The van der Waals surface area contributed by atoms with Crippen LogP contribution in [0.4, 0.5) is 5.69 Å². The van der Waals surface area contributed by atoms with E-state index < -0.39 is 0 Å². The van der Waals surface area contributed by atoms with Gasteiger partial charge in [0.25, 0.3) is 5.91 Å². The molecule has 0 spiro atoms. The third kappa shape index (κ3) is 2.27. The van der Waals surface area contributed by atoms with Gasteiger partial charge in [0.05, 0.1) is 12.2 Å². The van der Waals surface area contributed by atoms with E-state index in [-0.39, 0.29) is 12.5 Å². The number of hydrogen-bond acceptors (Lipinski definition) is 3. The normalized spacial score (nSPS) is 9.77. The van der Waals surface area contributed by atoms with Crippen LogP contribution in [0.25, 0.3) is 0 Å². The molecule has 4 nitrogen and oxygen atoms in total. The van der Waals surface area contributed by atoms with Crippen LogP contribution in [-0.2, 0) is 4.79 Å². The van der Waals surface area contributed by atoms with E-state index in [2.05, 4.69) is 0 Å². The van der Waals surface area contributed by atoms with E-state index in [1.54, 1.807) is 6.07 Å². The van der Waals surface area contributed by atoms with E-state index in [0.29, 0.717) is 5.69 Å². The molecule has 0 aliphatic rings. The van der Waals surface area contributed by atoms with Crippen LogP contribution in [0.3, 0.4) is 0 Å². The second kappa shape index (κ2) is 4.02. The fourth-order valence-corrected chi connectivity index (χ4v) is 1.02. The van der Waals surface area contributed by atoms with Crippen molar-refractivity contribution in [3.05, 3.63) is 29.8 Å². The van der Waals surface area contributed by atoms with Crippen molar-refractivity contribution in [2.45, 2.75) is 6.92 Å². The molecule has 0 unspecified atom stereocenters. The summed E-state index contributed by atoms with van der Waals surface area (Å²) in [6, 6.07) is 7.37. The average Bonchev–Trinajstić information content (AvgIpc) is 2.15. The van der Waals surface area contributed by atoms with Gasteiger partial charge in [0.15, 0.2) is 0 Å². The molecule has 4 heteroatoms. The molecule has 1 amide bonds. The number of nitrogens with zero attached hydrogens (tertiary/aromatic N) is 1. The van der Waals surface area contributed by atoms with Gasteiger partial charge >= 0.3 is 0 Å². The summed E-state index contributed by atoms with van der Waals surface area (Å²) in [7, 11) is 0. The highest BCUT2D eigenvalue weighted by atomic mass is 16.2. The van der Waals surface area contributed by atoms with Gasteiger partial charge in [-0.2, -0.15) is 0 Å². The topological polar surface area (TPSA) is 72.3 Å². The Morgan fingerprint density at radius 1 is 1.54 bits per heavy atom. The van der Waals surface area contributed by atoms with Crippen LogP contribution in [0.1, 0.15) is 5.56 Å². The van der Waals surface area contributed by atoms with Crippen molar-refractivity contribution >= 4 is 11.6 Å². The molecule has 4 N–H and O–H groups in total. The number of rotatable bonds is 2. The van der Waals surface area contributed by atoms with Gasteiger partial charge < -0.3 is 5.73 Å². The molecule has 0 aliphatic heterocycles. The molecule has 0 heterocycles. The summed E-state index contributed by atoms with van der Waals surface area (Å²) in [4.78, 5) is 11.1. The number of carbonyl (C=O) groups excluding carboxylic acids is 1. The monoisotopic (exact) mass is 179 g/mol. The maximum absolute atomic E-state index is 11.1. The molecule has 13 heavy (non-hydrogen) atoms. The van der Waals surface area contributed by atoms with Crippen molar-refractivity contribution in [1.82, 2.24) is 0 Å². The van der Waals surface area contributed by atoms with Crippen molar-refractivity contribution < 1.29 is 4.79 Å². The van der Waals surface area contributed by atoms with E-state index in [1.165, 1.54) is 0 Å². The second-order valence-corrected chi connectivity index (χ2v) is 2.81. The van der Waals surface area contributed by atoms with Crippen LogP contribution in [0, 0.1) is 6.92 Å². The fraction of sp³-hybridized carbons (Fsp3) is 0.222. The van der Waals surface area contributed by atoms with Crippen LogP contribution >= 0.6 is 0 Å². The van der Waals surface area contributed by atoms with Crippen LogP contribution in [-0.4, -0.2) is 12.5 Å². The number of aryl methyl sites for hydroxylation is 1. The Balaban J connectivity index is 2.88. The predicted octanol–water partition coefficient (Wildman–Crippen LogP) is 0.160. The number of carbonyl (C=O) groups is 1. The Kier molecular flexibility index (Phi) is 3.00. The molecule has 0 atom stereocenters. The maximum atomic E-state index is 11.1. The fourth-order valence-electron chi connectivity index (χ4n) is 1.02. The van der Waals surface area contributed by atoms with Crippen LogP contribution < -0.4 is 16.6 Å². The lowest BCUT2D eigenvalue weighted by Crippen LogP contribution is -2.41. The van der Waals surface area contributed by atoms with Gasteiger partial charge in [-0.1, -0.05) is 12.1 Å². The molecule has 0 saturated heterocycles.